The van der Waals surface area contributed by atoms with Crippen molar-refractivity contribution in [3.05, 3.63) is 36.0 Å². The van der Waals surface area contributed by atoms with Crippen LogP contribution in [0.25, 0.3) is 0 Å². The molecule has 0 unspecified atom stereocenters. The topological polar surface area (TPSA) is 80.2 Å². The van der Waals surface area contributed by atoms with Gasteiger partial charge in [0.1, 0.15) is 5.56 Å². The quantitative estimate of drug-likeness (QED) is 0.751. The molecule has 1 saturated heterocycles. The molecule has 1 saturated carbocycles. The van der Waals surface area contributed by atoms with E-state index < -0.39 is 0 Å². The van der Waals surface area contributed by atoms with Gasteiger partial charge in [0.2, 0.25) is 11.9 Å². The van der Waals surface area contributed by atoms with Crippen LogP contribution >= 0.6 is 0 Å². The van der Waals surface area contributed by atoms with E-state index in [4.69, 9.17) is 9.98 Å². The van der Waals surface area contributed by atoms with Gasteiger partial charge in [-0.05, 0) is 44.2 Å². The molecule has 2 fully saturated rings. The Labute approximate surface area is 200 Å². The number of aromatic nitrogens is 2. The Balaban J connectivity index is 1.21. The van der Waals surface area contributed by atoms with Crippen LogP contribution in [0.15, 0.2) is 35.5 Å². The molecular weight excluding hydrogens is 428 g/mol. The molecule has 2 aromatic rings. The number of hydrogen-bond donors (Lipinski definition) is 1. The maximum absolute atomic E-state index is 13.4. The maximum atomic E-state index is 13.4. The predicted octanol–water partition coefficient (Wildman–Crippen LogP) is 2.94. The third-order valence-electron chi connectivity index (χ3n) is 7.44. The summed E-state index contributed by atoms with van der Waals surface area (Å²) in [6, 6.07) is 8.64. The summed E-state index contributed by atoms with van der Waals surface area (Å²) in [5.74, 6) is 1.92. The van der Waals surface area contributed by atoms with Crippen molar-refractivity contribution >= 4 is 35.0 Å². The average Bonchev–Trinajstić information content (AvgIpc) is 3.36. The van der Waals surface area contributed by atoms with E-state index in [1.54, 1.807) is 6.20 Å². The van der Waals surface area contributed by atoms with Crippen LogP contribution in [-0.2, 0) is 0 Å². The standard InChI is InChI=1S/C25H32N8O/c1-30-13-15-31(16-14-30)19-9-7-18(8-10-19)28-24-27-17-21-22(29-24)32-12-11-26-25(32)33(23(21)34)20-5-3-2-4-6-20/h7-10,17,20H,2-6,11-16H2,1H3,(H,27,28,29). The van der Waals surface area contributed by atoms with Gasteiger partial charge in [0.25, 0.3) is 5.91 Å². The van der Waals surface area contributed by atoms with Gasteiger partial charge in [0.15, 0.2) is 5.82 Å². The summed E-state index contributed by atoms with van der Waals surface area (Å²) in [6.45, 7) is 5.69. The number of aliphatic imine (C=N–C) groups is 1. The van der Waals surface area contributed by atoms with Crippen molar-refractivity contribution < 1.29 is 4.79 Å². The van der Waals surface area contributed by atoms with Crippen LogP contribution < -0.4 is 15.1 Å². The molecule has 0 bridgehead atoms. The van der Waals surface area contributed by atoms with Crippen molar-refractivity contribution in [3.8, 4) is 0 Å². The van der Waals surface area contributed by atoms with Crippen LogP contribution in [0.3, 0.4) is 0 Å². The highest BCUT2D eigenvalue weighted by atomic mass is 16.2. The molecule has 9 nitrogen and oxygen atoms in total. The van der Waals surface area contributed by atoms with Crippen LogP contribution in [0.4, 0.5) is 23.1 Å². The second-order valence-corrected chi connectivity index (χ2v) is 9.69. The summed E-state index contributed by atoms with van der Waals surface area (Å²) in [5, 5.41) is 3.32. The number of amides is 1. The highest BCUT2D eigenvalue weighted by molar-refractivity contribution is 6.18. The van der Waals surface area contributed by atoms with E-state index in [2.05, 4.69) is 56.3 Å². The van der Waals surface area contributed by atoms with Crippen LogP contribution in [0, 0.1) is 0 Å². The summed E-state index contributed by atoms with van der Waals surface area (Å²) in [5.41, 5.74) is 2.73. The first kappa shape index (κ1) is 21.3. The number of carbonyl (C=O) groups excluding carboxylic acids is 1. The number of benzene rings is 1. The fraction of sp³-hybridized carbons (Fsp3) is 0.520. The van der Waals surface area contributed by atoms with Crippen molar-refractivity contribution in [2.24, 2.45) is 4.99 Å². The second-order valence-electron chi connectivity index (χ2n) is 9.69. The third-order valence-corrected chi connectivity index (χ3v) is 7.44. The Morgan fingerprint density at radius 1 is 0.971 bits per heavy atom. The minimum Gasteiger partial charge on any atom is -0.369 e. The van der Waals surface area contributed by atoms with Crippen molar-refractivity contribution in [2.45, 2.75) is 38.1 Å². The SMILES string of the molecule is CN1CCN(c2ccc(Nc3ncc4c(n3)N3CCN=C3N(C3CCCCC3)C4=O)cc2)CC1. The summed E-state index contributed by atoms with van der Waals surface area (Å²) in [7, 11) is 2.17. The molecule has 34 heavy (non-hydrogen) atoms. The van der Waals surface area contributed by atoms with E-state index in [0.717, 1.165) is 57.2 Å². The molecule has 178 valence electrons. The highest BCUT2D eigenvalue weighted by Gasteiger charge is 2.42. The molecule has 9 heteroatoms. The first-order valence-corrected chi connectivity index (χ1v) is 12.5. The lowest BCUT2D eigenvalue weighted by Crippen LogP contribution is -2.55. The van der Waals surface area contributed by atoms with Crippen LogP contribution in [0.5, 0.6) is 0 Å². The van der Waals surface area contributed by atoms with Crippen LogP contribution in [0.2, 0.25) is 0 Å². The van der Waals surface area contributed by atoms with Gasteiger partial charge < -0.3 is 15.1 Å². The number of fused-ring (bicyclic) bond motifs is 3. The molecule has 4 aliphatic rings. The summed E-state index contributed by atoms with van der Waals surface area (Å²) in [6.07, 6.45) is 7.34. The Morgan fingerprint density at radius 2 is 1.74 bits per heavy atom. The lowest BCUT2D eigenvalue weighted by atomic mass is 9.93. The highest BCUT2D eigenvalue weighted by Crippen LogP contribution is 2.34. The summed E-state index contributed by atoms with van der Waals surface area (Å²) < 4.78 is 0. The third kappa shape index (κ3) is 3.87. The van der Waals surface area contributed by atoms with Gasteiger partial charge in [0, 0.05) is 56.3 Å². The Morgan fingerprint density at radius 3 is 2.50 bits per heavy atom. The van der Waals surface area contributed by atoms with E-state index in [0.29, 0.717) is 23.9 Å². The number of rotatable bonds is 4. The number of nitrogens with one attached hydrogen (secondary N) is 1. The molecule has 3 aliphatic heterocycles. The normalized spacial score (nSPS) is 21.4. The molecular formula is C25H32N8O. The second kappa shape index (κ2) is 8.87. The van der Waals surface area contributed by atoms with E-state index in [-0.39, 0.29) is 11.9 Å². The molecule has 4 heterocycles. The lowest BCUT2D eigenvalue weighted by molar-refractivity contribution is 0.0767. The van der Waals surface area contributed by atoms with Gasteiger partial charge >= 0.3 is 0 Å². The van der Waals surface area contributed by atoms with Crippen molar-refractivity contribution in [1.82, 2.24) is 19.8 Å². The number of piperazine rings is 1. The Kier molecular flexibility index (Phi) is 5.57. The molecule has 1 amide bonds. The van der Waals surface area contributed by atoms with Crippen molar-refractivity contribution in [3.63, 3.8) is 0 Å². The molecule has 0 spiro atoms. The van der Waals surface area contributed by atoms with Gasteiger partial charge in [-0.15, -0.1) is 0 Å². The number of guanidine groups is 1. The minimum absolute atomic E-state index is 0.0121. The molecule has 0 atom stereocenters. The van der Waals surface area contributed by atoms with E-state index in [9.17, 15) is 4.79 Å². The van der Waals surface area contributed by atoms with Gasteiger partial charge in [-0.25, -0.2) is 4.98 Å². The van der Waals surface area contributed by atoms with Crippen molar-refractivity contribution in [1.29, 1.82) is 0 Å². The molecule has 6 rings (SSSR count). The zero-order valence-electron chi connectivity index (χ0n) is 19.8. The Bertz CT molecular complexity index is 1090. The van der Waals surface area contributed by atoms with E-state index in [1.165, 1.54) is 24.9 Å². The fourth-order valence-corrected chi connectivity index (χ4v) is 5.47. The minimum atomic E-state index is -0.0121. The van der Waals surface area contributed by atoms with Crippen LogP contribution in [0.1, 0.15) is 42.5 Å². The zero-order chi connectivity index (χ0) is 23.1. The van der Waals surface area contributed by atoms with Crippen molar-refractivity contribution in [2.75, 3.05) is 61.4 Å². The van der Waals surface area contributed by atoms with Crippen LogP contribution in [-0.4, -0.2) is 84.0 Å². The number of anilines is 4. The average molecular weight is 461 g/mol. The number of hydrogen-bond acceptors (Lipinski definition) is 8. The Hall–Kier alpha value is -3.20. The van der Waals surface area contributed by atoms with E-state index in [1.807, 2.05) is 4.90 Å². The van der Waals surface area contributed by atoms with Gasteiger partial charge in [-0.3, -0.25) is 19.6 Å². The van der Waals surface area contributed by atoms with Gasteiger partial charge in [-0.1, -0.05) is 19.3 Å². The van der Waals surface area contributed by atoms with E-state index >= 15 is 0 Å². The number of likely N-dealkylation sites (N-methyl/N-ethyl adjacent to an activating group) is 1. The largest absolute Gasteiger partial charge is 0.369 e. The zero-order valence-corrected chi connectivity index (χ0v) is 19.8. The maximum Gasteiger partial charge on any atom is 0.266 e. The first-order chi connectivity index (χ1) is 16.7. The number of nitrogens with zero attached hydrogens (tertiary/aromatic N) is 7. The monoisotopic (exact) mass is 460 g/mol. The molecule has 0 radical (unpaired) electrons. The molecule has 1 aromatic carbocycles. The molecule has 1 N–H and O–H groups in total. The number of carbonyl (C=O) groups is 1. The molecule has 1 aromatic heterocycles. The summed E-state index contributed by atoms with van der Waals surface area (Å²) in [4.78, 5) is 36.2. The van der Waals surface area contributed by atoms with Gasteiger partial charge in [0.05, 0.1) is 6.54 Å². The fourth-order valence-electron chi connectivity index (χ4n) is 5.47. The summed E-state index contributed by atoms with van der Waals surface area (Å²) >= 11 is 0. The molecule has 1 aliphatic carbocycles. The first-order valence-electron chi connectivity index (χ1n) is 12.5. The van der Waals surface area contributed by atoms with Gasteiger partial charge in [-0.2, -0.15) is 4.98 Å². The predicted molar refractivity (Wildman–Crippen MR) is 134 cm³/mol. The lowest BCUT2D eigenvalue weighted by Gasteiger charge is -2.40. The smallest absolute Gasteiger partial charge is 0.266 e.